The van der Waals surface area contributed by atoms with Crippen LogP contribution in [0.4, 0.5) is 10.1 Å². The highest BCUT2D eigenvalue weighted by Gasteiger charge is 2.22. The van der Waals surface area contributed by atoms with Gasteiger partial charge < -0.3 is 10.4 Å². The number of carboxylic acids is 1. The van der Waals surface area contributed by atoms with Crippen LogP contribution in [0.1, 0.15) is 15.9 Å². The number of benzene rings is 2. The van der Waals surface area contributed by atoms with Crippen LogP contribution < -0.4 is 10.0 Å². The molecule has 0 spiro atoms. The number of anilines is 1. The lowest BCUT2D eigenvalue weighted by molar-refractivity contribution is -0.139. The highest BCUT2D eigenvalue weighted by atomic mass is 32.2. The summed E-state index contributed by atoms with van der Waals surface area (Å²) in [6.07, 6.45) is -0.0357. The van der Waals surface area contributed by atoms with Crippen LogP contribution in [0.25, 0.3) is 0 Å². The molecule has 10 heteroatoms. The zero-order valence-electron chi connectivity index (χ0n) is 15.4. The molecule has 7 nitrogen and oxygen atoms in total. The summed E-state index contributed by atoms with van der Waals surface area (Å²) in [5, 5.41) is 13.5. The van der Waals surface area contributed by atoms with Crippen molar-refractivity contribution >= 4 is 38.9 Å². The van der Waals surface area contributed by atoms with E-state index in [1.807, 2.05) is 0 Å². The number of halogens is 1. The number of thiophene rings is 1. The fraction of sp³-hybridized carbons (Fsp3) is 0.100. The summed E-state index contributed by atoms with van der Waals surface area (Å²) in [4.78, 5) is 24.1. The first-order valence-corrected chi connectivity index (χ1v) is 11.1. The second kappa shape index (κ2) is 9.06. The first kappa shape index (κ1) is 21.5. The van der Waals surface area contributed by atoms with E-state index in [4.69, 9.17) is 0 Å². The Morgan fingerprint density at radius 3 is 2.43 bits per heavy atom. The molecular formula is C20H17FN2O5S2. The number of aliphatic carboxylic acids is 1. The Hall–Kier alpha value is -3.24. The van der Waals surface area contributed by atoms with Gasteiger partial charge in [0, 0.05) is 17.7 Å². The minimum atomic E-state index is -3.78. The van der Waals surface area contributed by atoms with Crippen LogP contribution in [0.15, 0.2) is 70.3 Å². The molecule has 0 fully saturated rings. The summed E-state index contributed by atoms with van der Waals surface area (Å²) >= 11 is 1.05. The van der Waals surface area contributed by atoms with Gasteiger partial charge in [0.2, 0.25) is 0 Å². The average Bonchev–Trinajstić information content (AvgIpc) is 3.25. The predicted octanol–water partition coefficient (Wildman–Crippen LogP) is 3.11. The molecular weight excluding hydrogens is 431 g/mol. The summed E-state index contributed by atoms with van der Waals surface area (Å²) in [6.45, 7) is 0. The number of carbonyl (C=O) groups is 2. The van der Waals surface area contributed by atoms with Crippen LogP contribution in [0.5, 0.6) is 0 Å². The summed E-state index contributed by atoms with van der Waals surface area (Å²) in [5.41, 5.74) is 0.801. The Bertz CT molecular complexity index is 1150. The molecule has 0 aliphatic heterocycles. The van der Waals surface area contributed by atoms with Gasteiger partial charge in [0.15, 0.2) is 0 Å². The molecule has 0 saturated carbocycles. The molecule has 0 unspecified atom stereocenters. The van der Waals surface area contributed by atoms with E-state index in [0.717, 1.165) is 11.3 Å². The third kappa shape index (κ3) is 5.43. The molecule has 0 radical (unpaired) electrons. The minimum Gasteiger partial charge on any atom is -0.480 e. The quantitative estimate of drug-likeness (QED) is 0.490. The van der Waals surface area contributed by atoms with E-state index >= 15 is 0 Å². The smallest absolute Gasteiger partial charge is 0.326 e. The van der Waals surface area contributed by atoms with Crippen LogP contribution >= 0.6 is 11.3 Å². The van der Waals surface area contributed by atoms with Crippen LogP contribution in [-0.2, 0) is 21.2 Å². The van der Waals surface area contributed by atoms with Gasteiger partial charge in [-0.15, -0.1) is 11.3 Å². The molecule has 0 saturated heterocycles. The van der Waals surface area contributed by atoms with E-state index in [9.17, 15) is 27.5 Å². The van der Waals surface area contributed by atoms with E-state index in [-0.39, 0.29) is 21.9 Å². The number of hydrogen-bond acceptors (Lipinski definition) is 5. The average molecular weight is 448 g/mol. The first-order valence-electron chi connectivity index (χ1n) is 8.69. The molecule has 3 aromatic rings. The first-order chi connectivity index (χ1) is 14.2. The van der Waals surface area contributed by atoms with Crippen molar-refractivity contribution in [2.45, 2.75) is 16.7 Å². The second-order valence-electron chi connectivity index (χ2n) is 6.31. The van der Waals surface area contributed by atoms with Gasteiger partial charge in [-0.1, -0.05) is 24.3 Å². The molecule has 1 heterocycles. The molecule has 1 atom stereocenters. The molecule has 30 heavy (non-hydrogen) atoms. The monoisotopic (exact) mass is 448 g/mol. The van der Waals surface area contributed by atoms with Crippen molar-refractivity contribution in [1.29, 1.82) is 0 Å². The number of hydrogen-bond donors (Lipinski definition) is 3. The van der Waals surface area contributed by atoms with Crippen LogP contribution in [0, 0.1) is 5.82 Å². The van der Waals surface area contributed by atoms with E-state index in [1.54, 1.807) is 11.4 Å². The Kier molecular flexibility index (Phi) is 6.48. The molecule has 3 N–H and O–H groups in total. The Balaban J connectivity index is 1.73. The third-order valence-corrected chi connectivity index (χ3v) is 6.87. The maximum atomic E-state index is 13.0. The molecule has 3 rings (SSSR count). The predicted molar refractivity (Wildman–Crippen MR) is 111 cm³/mol. The van der Waals surface area contributed by atoms with E-state index in [0.29, 0.717) is 5.56 Å². The van der Waals surface area contributed by atoms with Crippen LogP contribution in [0.3, 0.4) is 0 Å². The van der Waals surface area contributed by atoms with Crippen molar-refractivity contribution in [2.75, 3.05) is 4.72 Å². The van der Waals surface area contributed by atoms with Gasteiger partial charge in [0.05, 0.1) is 0 Å². The van der Waals surface area contributed by atoms with Gasteiger partial charge in [-0.05, 0) is 47.3 Å². The van der Waals surface area contributed by atoms with Gasteiger partial charge >= 0.3 is 5.97 Å². The maximum absolute atomic E-state index is 13.0. The standard InChI is InChI=1S/C20H17FN2O5S2/c21-15-8-6-13(7-9-15)11-17(20(25)26)22-19(24)14-3-1-4-16(12-14)23-30(27,28)18-5-2-10-29-18/h1-10,12,17,23H,11H2,(H,22,24)(H,25,26)/t17-/m0/s1. The van der Waals surface area contributed by atoms with Crippen molar-refractivity contribution in [3.8, 4) is 0 Å². The lowest BCUT2D eigenvalue weighted by Crippen LogP contribution is -2.42. The lowest BCUT2D eigenvalue weighted by Gasteiger charge is -2.15. The Labute approximate surface area is 176 Å². The van der Waals surface area contributed by atoms with Crippen molar-refractivity contribution in [1.82, 2.24) is 5.32 Å². The van der Waals surface area contributed by atoms with Crippen molar-refractivity contribution in [2.24, 2.45) is 0 Å². The second-order valence-corrected chi connectivity index (χ2v) is 9.17. The normalized spacial score (nSPS) is 12.2. The number of rotatable bonds is 8. The Morgan fingerprint density at radius 1 is 1.07 bits per heavy atom. The van der Waals surface area contributed by atoms with Crippen molar-refractivity contribution < 1.29 is 27.5 Å². The molecule has 2 aromatic carbocycles. The van der Waals surface area contributed by atoms with Gasteiger partial charge in [-0.2, -0.15) is 0 Å². The number of sulfonamides is 1. The van der Waals surface area contributed by atoms with Gasteiger partial charge in [0.1, 0.15) is 16.1 Å². The molecule has 156 valence electrons. The fourth-order valence-corrected chi connectivity index (χ4v) is 4.69. The highest BCUT2D eigenvalue weighted by molar-refractivity contribution is 7.94. The number of carbonyl (C=O) groups excluding carboxylic acids is 1. The maximum Gasteiger partial charge on any atom is 0.326 e. The van der Waals surface area contributed by atoms with Crippen molar-refractivity contribution in [3.05, 3.63) is 83.0 Å². The lowest BCUT2D eigenvalue weighted by atomic mass is 10.1. The third-order valence-electron chi connectivity index (χ3n) is 4.09. The molecule has 0 aliphatic carbocycles. The van der Waals surface area contributed by atoms with E-state index in [2.05, 4.69) is 10.0 Å². The number of nitrogens with one attached hydrogen (secondary N) is 2. The highest BCUT2D eigenvalue weighted by Crippen LogP contribution is 2.21. The summed E-state index contributed by atoms with van der Waals surface area (Å²) < 4.78 is 40.2. The van der Waals surface area contributed by atoms with Crippen LogP contribution in [0.2, 0.25) is 0 Å². The summed E-state index contributed by atoms with van der Waals surface area (Å²) in [5.74, 6) is -2.37. The largest absolute Gasteiger partial charge is 0.480 e. The zero-order valence-corrected chi connectivity index (χ0v) is 17.0. The van der Waals surface area contributed by atoms with Crippen LogP contribution in [-0.4, -0.2) is 31.4 Å². The van der Waals surface area contributed by atoms with Gasteiger partial charge in [-0.3, -0.25) is 9.52 Å². The van der Waals surface area contributed by atoms with E-state index < -0.39 is 33.8 Å². The topological polar surface area (TPSA) is 113 Å². The Morgan fingerprint density at radius 2 is 1.80 bits per heavy atom. The molecule has 0 bridgehead atoms. The summed E-state index contributed by atoms with van der Waals surface area (Å²) in [6, 6.07) is 12.8. The zero-order chi connectivity index (χ0) is 21.7. The molecule has 0 aliphatic rings. The fourth-order valence-electron chi connectivity index (χ4n) is 2.64. The SMILES string of the molecule is O=C(N[C@@H](Cc1ccc(F)cc1)C(=O)O)c1cccc(NS(=O)(=O)c2cccs2)c1. The summed E-state index contributed by atoms with van der Waals surface area (Å²) in [7, 11) is -3.78. The number of amides is 1. The molecule has 1 aromatic heterocycles. The van der Waals surface area contributed by atoms with Gasteiger partial charge in [-0.25, -0.2) is 17.6 Å². The molecule has 1 amide bonds. The van der Waals surface area contributed by atoms with Crippen molar-refractivity contribution in [3.63, 3.8) is 0 Å². The van der Waals surface area contributed by atoms with E-state index in [1.165, 1.54) is 54.6 Å². The van der Waals surface area contributed by atoms with Gasteiger partial charge in [0.25, 0.3) is 15.9 Å². The minimum absolute atomic E-state index is 0.0357. The number of carboxylic acid groups (broad SMARTS) is 1.